The number of hydrogen-bond acceptors (Lipinski definition) is 5. The molecule has 0 aliphatic carbocycles. The van der Waals surface area contributed by atoms with E-state index in [1.165, 1.54) is 12.1 Å². The lowest BCUT2D eigenvalue weighted by Crippen LogP contribution is -2.14. The van der Waals surface area contributed by atoms with Crippen molar-refractivity contribution < 1.29 is 4.79 Å². The highest BCUT2D eigenvalue weighted by molar-refractivity contribution is 6.01. The number of carbonyl (C=O) groups is 1. The molecule has 0 aliphatic heterocycles. The maximum Gasteiger partial charge on any atom is 0.295 e. The van der Waals surface area contributed by atoms with Crippen LogP contribution in [0.5, 0.6) is 0 Å². The molecular formula is C14H12N6O. The Hall–Kier alpha value is -3.19. The van der Waals surface area contributed by atoms with Crippen LogP contribution in [0.25, 0.3) is 0 Å². The molecule has 0 saturated heterocycles. The van der Waals surface area contributed by atoms with Gasteiger partial charge in [-0.1, -0.05) is 6.92 Å². The summed E-state index contributed by atoms with van der Waals surface area (Å²) in [5.41, 5.74) is 0.882. The second-order valence-electron chi connectivity index (χ2n) is 4.29. The van der Waals surface area contributed by atoms with Crippen LogP contribution >= 0.6 is 0 Å². The third-order valence-corrected chi connectivity index (χ3v) is 2.74. The molecule has 0 saturated carbocycles. The minimum absolute atomic E-state index is 0.0429. The summed E-state index contributed by atoms with van der Waals surface area (Å²) in [7, 11) is 0. The van der Waals surface area contributed by atoms with Crippen LogP contribution in [0.1, 0.15) is 40.9 Å². The summed E-state index contributed by atoms with van der Waals surface area (Å²) in [5.74, 6) is 0.226. The van der Waals surface area contributed by atoms with E-state index in [0.717, 1.165) is 12.8 Å². The van der Waals surface area contributed by atoms with Gasteiger partial charge in [-0.05, 0) is 24.6 Å². The molecule has 2 rings (SSSR count). The third-order valence-electron chi connectivity index (χ3n) is 2.74. The van der Waals surface area contributed by atoms with Gasteiger partial charge in [0.2, 0.25) is 5.82 Å². The minimum Gasteiger partial charge on any atom is -0.319 e. The van der Waals surface area contributed by atoms with E-state index >= 15 is 0 Å². The van der Waals surface area contributed by atoms with Crippen molar-refractivity contribution in [1.82, 2.24) is 15.2 Å². The van der Waals surface area contributed by atoms with E-state index in [1.807, 2.05) is 19.1 Å². The number of nitriles is 2. The smallest absolute Gasteiger partial charge is 0.295 e. The van der Waals surface area contributed by atoms with Crippen molar-refractivity contribution in [3.63, 3.8) is 0 Å². The lowest BCUT2D eigenvalue weighted by Gasteiger charge is -2.03. The molecule has 7 heteroatoms. The van der Waals surface area contributed by atoms with Crippen LogP contribution in [-0.2, 0) is 6.42 Å². The first-order valence-electron chi connectivity index (χ1n) is 6.34. The summed E-state index contributed by atoms with van der Waals surface area (Å²) < 4.78 is 0. The van der Waals surface area contributed by atoms with Gasteiger partial charge in [-0.25, -0.2) is 4.98 Å². The molecule has 7 nitrogen and oxygen atoms in total. The Kier molecular flexibility index (Phi) is 4.27. The van der Waals surface area contributed by atoms with Crippen LogP contribution in [0, 0.1) is 22.7 Å². The van der Waals surface area contributed by atoms with Gasteiger partial charge in [-0.2, -0.15) is 10.5 Å². The molecule has 1 heterocycles. The highest BCUT2D eigenvalue weighted by Gasteiger charge is 2.13. The minimum atomic E-state index is -0.470. The number of aryl methyl sites for hydroxylation is 1. The van der Waals surface area contributed by atoms with Gasteiger partial charge in [0.1, 0.15) is 18.0 Å². The molecule has 104 valence electrons. The number of rotatable bonds is 4. The molecule has 0 spiro atoms. The maximum atomic E-state index is 12.0. The average molecular weight is 280 g/mol. The largest absolute Gasteiger partial charge is 0.319 e. The molecule has 0 fully saturated rings. The molecule has 0 radical (unpaired) electrons. The van der Waals surface area contributed by atoms with Crippen molar-refractivity contribution >= 4 is 11.6 Å². The lowest BCUT2D eigenvalue weighted by atomic mass is 10.1. The Morgan fingerprint density at radius 2 is 2.10 bits per heavy atom. The molecule has 0 aliphatic rings. The van der Waals surface area contributed by atoms with Gasteiger partial charge in [-0.15, -0.1) is 5.10 Å². The Morgan fingerprint density at radius 3 is 2.76 bits per heavy atom. The van der Waals surface area contributed by atoms with E-state index in [0.29, 0.717) is 11.5 Å². The fraction of sp³-hybridized carbons (Fsp3) is 0.214. The number of nitrogens with one attached hydrogen (secondary N) is 2. The van der Waals surface area contributed by atoms with Crippen molar-refractivity contribution in [2.45, 2.75) is 19.8 Å². The van der Waals surface area contributed by atoms with Crippen LogP contribution in [0.4, 0.5) is 5.69 Å². The molecule has 0 atom stereocenters. The predicted molar refractivity (Wildman–Crippen MR) is 74.2 cm³/mol. The molecule has 1 aromatic carbocycles. The summed E-state index contributed by atoms with van der Waals surface area (Å²) in [4.78, 5) is 16.1. The van der Waals surface area contributed by atoms with E-state index in [-0.39, 0.29) is 17.0 Å². The Balaban J connectivity index is 2.16. The predicted octanol–water partition coefficient (Wildman–Crippen LogP) is 1.75. The van der Waals surface area contributed by atoms with Crippen molar-refractivity contribution in [3.8, 4) is 12.1 Å². The summed E-state index contributed by atoms with van der Waals surface area (Å²) in [6.07, 6.45) is 1.62. The van der Waals surface area contributed by atoms with Gasteiger partial charge in [0.15, 0.2) is 0 Å². The van der Waals surface area contributed by atoms with E-state index < -0.39 is 5.91 Å². The number of H-pyrrole nitrogens is 1. The van der Waals surface area contributed by atoms with Crippen LogP contribution < -0.4 is 5.32 Å². The lowest BCUT2D eigenvalue weighted by molar-refractivity contribution is 0.101. The number of aromatic nitrogens is 3. The highest BCUT2D eigenvalue weighted by atomic mass is 16.2. The molecule has 1 amide bonds. The molecule has 0 bridgehead atoms. The molecule has 1 aromatic heterocycles. The van der Waals surface area contributed by atoms with Crippen LogP contribution in [0.2, 0.25) is 0 Å². The van der Waals surface area contributed by atoms with Crippen molar-refractivity contribution in [3.05, 3.63) is 41.0 Å². The third kappa shape index (κ3) is 3.23. The topological polar surface area (TPSA) is 118 Å². The second-order valence-corrected chi connectivity index (χ2v) is 4.29. The zero-order chi connectivity index (χ0) is 15.2. The number of carbonyl (C=O) groups excluding carboxylic acids is 1. The highest BCUT2D eigenvalue weighted by Crippen LogP contribution is 2.15. The molecular weight excluding hydrogens is 268 g/mol. The van der Waals surface area contributed by atoms with Gasteiger partial charge in [-0.3, -0.25) is 9.89 Å². The second kappa shape index (κ2) is 6.31. The molecule has 2 N–H and O–H groups in total. The fourth-order valence-electron chi connectivity index (χ4n) is 1.74. The van der Waals surface area contributed by atoms with Gasteiger partial charge >= 0.3 is 0 Å². The van der Waals surface area contributed by atoms with Gasteiger partial charge in [0.05, 0.1) is 11.1 Å². The number of benzene rings is 1. The number of amides is 1. The van der Waals surface area contributed by atoms with Crippen LogP contribution in [0.3, 0.4) is 0 Å². The van der Waals surface area contributed by atoms with Gasteiger partial charge in [0.25, 0.3) is 5.91 Å². The number of nitrogens with zero attached hydrogens (tertiary/aromatic N) is 4. The standard InChI is InChI=1S/C14H12N6O/c1-2-3-12-18-13(20-19-12)14(21)17-11-5-4-9(7-15)10(6-11)8-16/h4-6H,2-3H2,1H3,(H,17,21)(H,18,19,20). The van der Waals surface area contributed by atoms with E-state index in [1.54, 1.807) is 6.07 Å². The summed E-state index contributed by atoms with van der Waals surface area (Å²) in [6, 6.07) is 8.29. The monoisotopic (exact) mass is 280 g/mol. The first kappa shape index (κ1) is 14.2. The van der Waals surface area contributed by atoms with Gasteiger partial charge < -0.3 is 5.32 Å². The first-order chi connectivity index (χ1) is 10.2. The van der Waals surface area contributed by atoms with E-state index in [9.17, 15) is 4.79 Å². The molecule has 0 unspecified atom stereocenters. The quantitative estimate of drug-likeness (QED) is 0.884. The van der Waals surface area contributed by atoms with Crippen molar-refractivity contribution in [1.29, 1.82) is 10.5 Å². The summed E-state index contributed by atoms with van der Waals surface area (Å²) >= 11 is 0. The summed E-state index contributed by atoms with van der Waals surface area (Å²) in [5, 5.41) is 26.9. The average Bonchev–Trinajstić information content (AvgIpc) is 2.96. The van der Waals surface area contributed by atoms with E-state index in [4.69, 9.17) is 10.5 Å². The normalized spacial score (nSPS) is 9.67. The van der Waals surface area contributed by atoms with Crippen LogP contribution in [-0.4, -0.2) is 21.1 Å². The van der Waals surface area contributed by atoms with Crippen LogP contribution in [0.15, 0.2) is 18.2 Å². The summed E-state index contributed by atoms with van der Waals surface area (Å²) in [6.45, 7) is 2.00. The number of aromatic amines is 1. The Bertz CT molecular complexity index is 750. The fourth-order valence-corrected chi connectivity index (χ4v) is 1.74. The van der Waals surface area contributed by atoms with E-state index in [2.05, 4.69) is 20.5 Å². The maximum absolute atomic E-state index is 12.0. The Labute approximate surface area is 121 Å². The van der Waals surface area contributed by atoms with Gasteiger partial charge in [0, 0.05) is 12.1 Å². The number of anilines is 1. The zero-order valence-electron chi connectivity index (χ0n) is 11.3. The number of hydrogen-bond donors (Lipinski definition) is 2. The molecule has 2 aromatic rings. The first-order valence-corrected chi connectivity index (χ1v) is 6.34. The SMILES string of the molecule is CCCc1nc(C(=O)Nc2ccc(C#N)c(C#N)c2)n[nH]1. The Morgan fingerprint density at radius 1 is 1.33 bits per heavy atom. The van der Waals surface area contributed by atoms with Crippen molar-refractivity contribution in [2.24, 2.45) is 0 Å². The molecule has 21 heavy (non-hydrogen) atoms. The zero-order valence-corrected chi connectivity index (χ0v) is 11.3. The van der Waals surface area contributed by atoms with Crippen molar-refractivity contribution in [2.75, 3.05) is 5.32 Å².